The smallest absolute Gasteiger partial charge is 0.294 e. The summed E-state index contributed by atoms with van der Waals surface area (Å²) in [6.45, 7) is 0. The van der Waals surface area contributed by atoms with Crippen molar-refractivity contribution in [2.75, 3.05) is 7.11 Å². The van der Waals surface area contributed by atoms with E-state index in [1.165, 1.54) is 37.6 Å². The van der Waals surface area contributed by atoms with Crippen molar-refractivity contribution in [1.82, 2.24) is 0 Å². The van der Waals surface area contributed by atoms with Crippen molar-refractivity contribution in [1.29, 1.82) is 0 Å². The molecule has 2 aromatic carbocycles. The van der Waals surface area contributed by atoms with Crippen molar-refractivity contribution < 1.29 is 22.8 Å². The molecule has 0 aliphatic carbocycles. The molecular weight excluding hydrogens is 374 g/mol. The van der Waals surface area contributed by atoms with E-state index in [0.717, 1.165) is 0 Å². The summed E-state index contributed by atoms with van der Waals surface area (Å²) in [6, 6.07) is 8.63. The van der Waals surface area contributed by atoms with E-state index in [-0.39, 0.29) is 10.6 Å². The lowest BCUT2D eigenvalue weighted by Gasteiger charge is -2.06. The van der Waals surface area contributed by atoms with Gasteiger partial charge in [0.1, 0.15) is 0 Å². The van der Waals surface area contributed by atoms with Crippen LogP contribution in [0.1, 0.15) is 5.56 Å². The largest absolute Gasteiger partial charge is 0.504 e. The normalized spacial score (nSPS) is 11.8. The number of benzene rings is 2. The van der Waals surface area contributed by atoms with Crippen LogP contribution in [0.4, 0.5) is 5.69 Å². The van der Waals surface area contributed by atoms with Crippen molar-refractivity contribution in [3.63, 3.8) is 0 Å². The molecule has 0 saturated carbocycles. The first-order valence-corrected chi connectivity index (χ1v) is 8.22. The van der Waals surface area contributed by atoms with Crippen LogP contribution < -0.4 is 4.74 Å². The van der Waals surface area contributed by atoms with Crippen LogP contribution in [0, 0.1) is 0 Å². The Hall–Kier alpha value is -1.90. The minimum Gasteiger partial charge on any atom is -0.504 e. The van der Waals surface area contributed by atoms with Gasteiger partial charge in [-0.3, -0.25) is 9.55 Å². The third-order valence-electron chi connectivity index (χ3n) is 2.78. The fraction of sp³-hybridized carbons (Fsp3) is 0.0714. The van der Waals surface area contributed by atoms with Crippen LogP contribution >= 0.6 is 15.9 Å². The lowest BCUT2D eigenvalue weighted by Crippen LogP contribution is -1.96. The Labute approximate surface area is 136 Å². The zero-order valence-electron chi connectivity index (χ0n) is 11.4. The number of ether oxygens (including phenoxy) is 1. The Bertz CT molecular complexity index is 816. The van der Waals surface area contributed by atoms with Crippen LogP contribution in [0.25, 0.3) is 0 Å². The van der Waals surface area contributed by atoms with Crippen LogP contribution in [0.15, 0.2) is 50.8 Å². The molecule has 0 aromatic heterocycles. The van der Waals surface area contributed by atoms with E-state index >= 15 is 0 Å². The highest BCUT2D eigenvalue weighted by molar-refractivity contribution is 9.10. The van der Waals surface area contributed by atoms with Gasteiger partial charge in [-0.2, -0.15) is 8.42 Å². The van der Waals surface area contributed by atoms with E-state index in [0.29, 0.717) is 21.5 Å². The molecule has 0 amide bonds. The number of aliphatic imine (C=N–C) groups is 1. The van der Waals surface area contributed by atoms with Gasteiger partial charge in [0.05, 0.1) is 17.7 Å². The third-order valence-corrected chi connectivity index (χ3v) is 4.10. The molecule has 0 aliphatic heterocycles. The van der Waals surface area contributed by atoms with Gasteiger partial charge in [-0.1, -0.05) is 15.9 Å². The van der Waals surface area contributed by atoms with Crippen molar-refractivity contribution in [2.24, 2.45) is 4.99 Å². The number of hydrogen-bond acceptors (Lipinski definition) is 5. The van der Waals surface area contributed by atoms with Crippen LogP contribution in [-0.4, -0.2) is 31.4 Å². The van der Waals surface area contributed by atoms with Crippen molar-refractivity contribution >= 4 is 38.0 Å². The second-order valence-corrected chi connectivity index (χ2v) is 6.61. The molecular formula is C14H12BrNO5S. The average Bonchev–Trinajstić information content (AvgIpc) is 2.47. The molecule has 0 unspecified atom stereocenters. The monoisotopic (exact) mass is 385 g/mol. The Balaban J connectivity index is 2.31. The maximum atomic E-state index is 10.9. The van der Waals surface area contributed by atoms with E-state index in [9.17, 15) is 13.5 Å². The van der Waals surface area contributed by atoms with Gasteiger partial charge in [0.2, 0.25) is 0 Å². The number of nitrogens with zero attached hydrogens (tertiary/aromatic N) is 1. The fourth-order valence-corrected chi connectivity index (χ4v) is 2.63. The maximum absolute atomic E-state index is 10.9. The van der Waals surface area contributed by atoms with Gasteiger partial charge >= 0.3 is 0 Å². The fourth-order valence-electron chi connectivity index (χ4n) is 1.70. The van der Waals surface area contributed by atoms with E-state index < -0.39 is 10.1 Å². The number of methoxy groups -OCH3 is 1. The zero-order valence-corrected chi connectivity index (χ0v) is 13.8. The molecule has 116 valence electrons. The lowest BCUT2D eigenvalue weighted by molar-refractivity contribution is 0.373. The van der Waals surface area contributed by atoms with Gasteiger partial charge < -0.3 is 9.84 Å². The Morgan fingerprint density at radius 2 is 1.86 bits per heavy atom. The van der Waals surface area contributed by atoms with Crippen molar-refractivity contribution in [2.45, 2.75) is 4.90 Å². The Morgan fingerprint density at radius 3 is 2.41 bits per heavy atom. The van der Waals surface area contributed by atoms with Gasteiger partial charge in [-0.25, -0.2) is 0 Å². The number of halogens is 1. The molecule has 2 N–H and O–H groups in total. The van der Waals surface area contributed by atoms with E-state index in [1.54, 1.807) is 12.1 Å². The predicted molar refractivity (Wildman–Crippen MR) is 85.9 cm³/mol. The van der Waals surface area contributed by atoms with Gasteiger partial charge in [-0.15, -0.1) is 0 Å². The van der Waals surface area contributed by atoms with Crippen molar-refractivity contribution in [3.05, 3.63) is 46.4 Å². The number of hydrogen-bond donors (Lipinski definition) is 2. The van der Waals surface area contributed by atoms with E-state index in [4.69, 9.17) is 9.29 Å². The quantitative estimate of drug-likeness (QED) is 0.622. The van der Waals surface area contributed by atoms with Crippen LogP contribution in [-0.2, 0) is 10.1 Å². The van der Waals surface area contributed by atoms with Crippen LogP contribution in [0.3, 0.4) is 0 Å². The summed E-state index contributed by atoms with van der Waals surface area (Å²) < 4.78 is 36.5. The van der Waals surface area contributed by atoms with E-state index in [2.05, 4.69) is 20.9 Å². The van der Waals surface area contributed by atoms with Gasteiger partial charge in [-0.05, 0) is 36.4 Å². The van der Waals surface area contributed by atoms with Gasteiger partial charge in [0.15, 0.2) is 11.5 Å². The minimum absolute atomic E-state index is 0.0518. The molecule has 2 aromatic rings. The second kappa shape index (κ2) is 6.47. The SMILES string of the molecule is COc1cc(Br)cc(C=Nc2ccc(S(=O)(=O)O)cc2)c1O. The molecule has 22 heavy (non-hydrogen) atoms. The molecule has 0 saturated heterocycles. The molecule has 0 fully saturated rings. The van der Waals surface area contributed by atoms with Gasteiger partial charge in [0.25, 0.3) is 10.1 Å². The minimum atomic E-state index is -4.22. The molecule has 0 spiro atoms. The number of aromatic hydroxyl groups is 1. The highest BCUT2D eigenvalue weighted by Crippen LogP contribution is 2.32. The number of rotatable bonds is 4. The standard InChI is InChI=1S/C14H12BrNO5S/c1-21-13-7-10(15)6-9(14(13)17)8-16-11-2-4-12(5-3-11)22(18,19)20/h2-8,17H,1H3,(H,18,19,20). The summed E-state index contributed by atoms with van der Waals surface area (Å²) in [5, 5.41) is 9.99. The summed E-state index contributed by atoms with van der Waals surface area (Å²) in [6.07, 6.45) is 1.42. The third kappa shape index (κ3) is 3.85. The summed E-state index contributed by atoms with van der Waals surface area (Å²) in [4.78, 5) is 3.93. The summed E-state index contributed by atoms with van der Waals surface area (Å²) in [7, 11) is -2.78. The number of phenols is 1. The average molecular weight is 386 g/mol. The zero-order chi connectivity index (χ0) is 16.3. The first kappa shape index (κ1) is 16.5. The molecule has 8 heteroatoms. The lowest BCUT2D eigenvalue weighted by atomic mass is 10.2. The van der Waals surface area contributed by atoms with Gasteiger partial charge in [0, 0.05) is 16.3 Å². The molecule has 0 radical (unpaired) electrons. The summed E-state index contributed by atoms with van der Waals surface area (Å²) in [5.74, 6) is 0.251. The van der Waals surface area contributed by atoms with Crippen molar-refractivity contribution in [3.8, 4) is 11.5 Å². The first-order chi connectivity index (χ1) is 10.3. The maximum Gasteiger partial charge on any atom is 0.294 e. The molecule has 6 nitrogen and oxygen atoms in total. The molecule has 2 rings (SSSR count). The van der Waals surface area contributed by atoms with Crippen LogP contribution in [0.2, 0.25) is 0 Å². The Kier molecular flexibility index (Phi) is 4.84. The summed E-state index contributed by atoms with van der Waals surface area (Å²) in [5.41, 5.74) is 0.899. The van der Waals surface area contributed by atoms with Crippen LogP contribution in [0.5, 0.6) is 11.5 Å². The molecule has 0 aliphatic rings. The topological polar surface area (TPSA) is 96.2 Å². The molecule has 0 heterocycles. The summed E-state index contributed by atoms with van der Waals surface area (Å²) >= 11 is 3.30. The molecule has 0 bridgehead atoms. The first-order valence-electron chi connectivity index (χ1n) is 5.99. The predicted octanol–water partition coefficient (Wildman–Crippen LogP) is 3.16. The second-order valence-electron chi connectivity index (χ2n) is 4.27. The molecule has 0 atom stereocenters. The highest BCUT2D eigenvalue weighted by atomic mass is 79.9. The highest BCUT2D eigenvalue weighted by Gasteiger charge is 2.09. The van der Waals surface area contributed by atoms with E-state index in [1.807, 2.05) is 0 Å². The number of phenolic OH excluding ortho intramolecular Hbond substituents is 1. The Morgan fingerprint density at radius 1 is 1.23 bits per heavy atom.